The van der Waals surface area contributed by atoms with E-state index in [1.807, 2.05) is 13.0 Å². The molecule has 0 atom stereocenters. The minimum Gasteiger partial charge on any atom is -0.506 e. The van der Waals surface area contributed by atoms with Crippen LogP contribution in [-0.2, 0) is 17.7 Å². The zero-order valence-corrected chi connectivity index (χ0v) is 14.4. The number of phenols is 1. The number of phenolic OH excluding ortho intramolecular Hbond substituents is 1. The lowest BCUT2D eigenvalue weighted by atomic mass is 10.0. The molecule has 0 amide bonds. The summed E-state index contributed by atoms with van der Waals surface area (Å²) >= 11 is 6.21. The third kappa shape index (κ3) is 3.07. The Kier molecular flexibility index (Phi) is 4.94. The molecule has 0 spiro atoms. The van der Waals surface area contributed by atoms with Crippen molar-refractivity contribution in [1.29, 1.82) is 0 Å². The highest BCUT2D eigenvalue weighted by Gasteiger charge is 2.20. The number of allylic oxidation sites excluding steroid dienone is 1. The molecule has 0 unspecified atom stereocenters. The quantitative estimate of drug-likeness (QED) is 0.679. The molecule has 0 bridgehead atoms. The Hall–Kier alpha value is -1.82. The molecule has 1 aromatic carbocycles. The van der Waals surface area contributed by atoms with Gasteiger partial charge in [0.05, 0.1) is 18.8 Å². The van der Waals surface area contributed by atoms with E-state index < -0.39 is 5.63 Å². The highest BCUT2D eigenvalue weighted by Crippen LogP contribution is 2.37. The SMILES string of the molecule is C=CCc1cc2c(C)c(CN3CCOCC3)c(=O)oc2c(Cl)c1O. The molecule has 24 heavy (non-hydrogen) atoms. The number of fused-ring (bicyclic) bond motifs is 1. The summed E-state index contributed by atoms with van der Waals surface area (Å²) in [6.07, 6.45) is 2.18. The summed E-state index contributed by atoms with van der Waals surface area (Å²) in [6.45, 7) is 9.01. The number of rotatable bonds is 4. The van der Waals surface area contributed by atoms with Gasteiger partial charge in [0.1, 0.15) is 10.8 Å². The van der Waals surface area contributed by atoms with Crippen LogP contribution in [0.3, 0.4) is 0 Å². The van der Waals surface area contributed by atoms with Crippen LogP contribution in [0.25, 0.3) is 11.0 Å². The summed E-state index contributed by atoms with van der Waals surface area (Å²) in [5, 5.41) is 11.0. The van der Waals surface area contributed by atoms with Gasteiger partial charge in [-0.05, 0) is 25.0 Å². The maximum atomic E-state index is 12.4. The summed E-state index contributed by atoms with van der Waals surface area (Å²) < 4.78 is 10.8. The smallest absolute Gasteiger partial charge is 0.341 e. The third-order valence-corrected chi connectivity index (χ3v) is 4.77. The Morgan fingerprint density at radius 3 is 2.79 bits per heavy atom. The first-order valence-electron chi connectivity index (χ1n) is 7.90. The average Bonchev–Trinajstić information content (AvgIpc) is 2.58. The average molecular weight is 350 g/mol. The van der Waals surface area contributed by atoms with Gasteiger partial charge >= 0.3 is 5.63 Å². The van der Waals surface area contributed by atoms with Crippen LogP contribution in [-0.4, -0.2) is 36.3 Å². The van der Waals surface area contributed by atoms with Crippen molar-refractivity contribution in [2.45, 2.75) is 19.9 Å². The summed E-state index contributed by atoms with van der Waals surface area (Å²) in [4.78, 5) is 14.6. The molecule has 1 N–H and O–H groups in total. The van der Waals surface area contributed by atoms with E-state index in [1.54, 1.807) is 6.08 Å². The number of hydrogen-bond acceptors (Lipinski definition) is 5. The Balaban J connectivity index is 2.12. The van der Waals surface area contributed by atoms with Crippen LogP contribution < -0.4 is 5.63 Å². The van der Waals surface area contributed by atoms with Gasteiger partial charge in [0.15, 0.2) is 5.58 Å². The number of benzene rings is 1. The van der Waals surface area contributed by atoms with Crippen LogP contribution >= 0.6 is 11.6 Å². The van der Waals surface area contributed by atoms with Crippen molar-refractivity contribution >= 4 is 22.6 Å². The molecule has 1 aliphatic rings. The van der Waals surface area contributed by atoms with Crippen LogP contribution in [0, 0.1) is 6.92 Å². The van der Waals surface area contributed by atoms with Crippen molar-refractivity contribution in [1.82, 2.24) is 4.90 Å². The fourth-order valence-corrected chi connectivity index (χ4v) is 3.26. The second kappa shape index (κ2) is 6.97. The lowest BCUT2D eigenvalue weighted by Crippen LogP contribution is -2.37. The second-order valence-corrected chi connectivity index (χ2v) is 6.33. The first-order valence-corrected chi connectivity index (χ1v) is 8.28. The van der Waals surface area contributed by atoms with E-state index in [0.29, 0.717) is 37.3 Å². The fourth-order valence-electron chi connectivity index (χ4n) is 3.00. The Bertz CT molecular complexity index is 837. The molecule has 1 aromatic heterocycles. The number of ether oxygens (including phenoxy) is 1. The highest BCUT2D eigenvalue weighted by molar-refractivity contribution is 6.36. The minimum absolute atomic E-state index is 0.0625. The Morgan fingerprint density at radius 1 is 1.42 bits per heavy atom. The normalized spacial score (nSPS) is 15.8. The van der Waals surface area contributed by atoms with E-state index in [9.17, 15) is 9.90 Å². The lowest BCUT2D eigenvalue weighted by Gasteiger charge is -2.26. The topological polar surface area (TPSA) is 62.9 Å². The molecule has 2 heterocycles. The zero-order chi connectivity index (χ0) is 17.3. The molecular weight excluding hydrogens is 330 g/mol. The Labute approximate surface area is 145 Å². The molecule has 3 rings (SSSR count). The van der Waals surface area contributed by atoms with E-state index in [1.165, 1.54) is 0 Å². The molecule has 0 radical (unpaired) electrons. The zero-order valence-electron chi connectivity index (χ0n) is 13.6. The lowest BCUT2D eigenvalue weighted by molar-refractivity contribution is 0.0337. The number of aromatic hydroxyl groups is 1. The second-order valence-electron chi connectivity index (χ2n) is 5.95. The molecule has 1 fully saturated rings. The van der Waals surface area contributed by atoms with Crippen LogP contribution in [0.1, 0.15) is 16.7 Å². The predicted molar refractivity (Wildman–Crippen MR) is 93.9 cm³/mol. The van der Waals surface area contributed by atoms with E-state index in [0.717, 1.165) is 24.0 Å². The maximum Gasteiger partial charge on any atom is 0.341 e. The third-order valence-electron chi connectivity index (χ3n) is 4.42. The monoisotopic (exact) mass is 349 g/mol. The molecule has 0 aliphatic carbocycles. The van der Waals surface area contributed by atoms with Gasteiger partial charge < -0.3 is 14.3 Å². The van der Waals surface area contributed by atoms with E-state index in [4.69, 9.17) is 20.8 Å². The molecule has 1 saturated heterocycles. The van der Waals surface area contributed by atoms with Crippen molar-refractivity contribution < 1.29 is 14.3 Å². The number of hydrogen-bond donors (Lipinski definition) is 1. The molecule has 6 heteroatoms. The maximum absolute atomic E-state index is 12.4. The Morgan fingerprint density at radius 2 is 2.12 bits per heavy atom. The van der Waals surface area contributed by atoms with Gasteiger partial charge in [-0.2, -0.15) is 0 Å². The molecule has 2 aromatic rings. The fraction of sp³-hybridized carbons (Fsp3) is 0.389. The van der Waals surface area contributed by atoms with Crippen molar-refractivity contribution in [3.8, 4) is 5.75 Å². The van der Waals surface area contributed by atoms with Crippen LogP contribution in [0.4, 0.5) is 0 Å². The van der Waals surface area contributed by atoms with Gasteiger partial charge in [0, 0.05) is 30.6 Å². The number of halogens is 1. The number of morpholine rings is 1. The van der Waals surface area contributed by atoms with Gasteiger partial charge in [-0.25, -0.2) is 4.79 Å². The summed E-state index contributed by atoms with van der Waals surface area (Å²) in [7, 11) is 0. The van der Waals surface area contributed by atoms with Crippen LogP contribution in [0.2, 0.25) is 5.02 Å². The van der Waals surface area contributed by atoms with Crippen molar-refractivity contribution in [3.05, 3.63) is 50.9 Å². The van der Waals surface area contributed by atoms with E-state index >= 15 is 0 Å². The minimum atomic E-state index is -0.413. The summed E-state index contributed by atoms with van der Waals surface area (Å²) in [5.41, 5.74) is 1.94. The van der Waals surface area contributed by atoms with Crippen LogP contribution in [0.5, 0.6) is 5.75 Å². The first kappa shape index (κ1) is 17.0. The standard InChI is InChI=1S/C18H20ClNO4/c1-3-4-12-9-13-11(2)14(10-20-5-7-23-8-6-20)18(22)24-17(13)15(19)16(12)21/h3,9,21H,1,4-8,10H2,2H3. The first-order chi connectivity index (χ1) is 11.5. The largest absolute Gasteiger partial charge is 0.506 e. The molecule has 0 saturated carbocycles. The van der Waals surface area contributed by atoms with Gasteiger partial charge in [0.25, 0.3) is 0 Å². The molecule has 1 aliphatic heterocycles. The van der Waals surface area contributed by atoms with Gasteiger partial charge in [0.2, 0.25) is 0 Å². The van der Waals surface area contributed by atoms with Crippen molar-refractivity contribution in [2.24, 2.45) is 0 Å². The predicted octanol–water partition coefficient (Wildman–Crippen LogP) is 3.02. The summed E-state index contributed by atoms with van der Waals surface area (Å²) in [6, 6.07) is 1.82. The number of nitrogens with zero attached hydrogens (tertiary/aromatic N) is 1. The van der Waals surface area contributed by atoms with E-state index in [-0.39, 0.29) is 16.4 Å². The van der Waals surface area contributed by atoms with Crippen molar-refractivity contribution in [3.63, 3.8) is 0 Å². The molecule has 5 nitrogen and oxygen atoms in total. The van der Waals surface area contributed by atoms with Crippen LogP contribution in [0.15, 0.2) is 27.9 Å². The molecular formula is C18H20ClNO4. The van der Waals surface area contributed by atoms with Gasteiger partial charge in [-0.1, -0.05) is 17.7 Å². The molecule has 128 valence electrons. The number of aryl methyl sites for hydroxylation is 1. The summed E-state index contributed by atoms with van der Waals surface area (Å²) in [5.74, 6) is -0.0625. The van der Waals surface area contributed by atoms with Gasteiger partial charge in [-0.3, -0.25) is 4.90 Å². The van der Waals surface area contributed by atoms with Gasteiger partial charge in [-0.15, -0.1) is 6.58 Å². The highest BCUT2D eigenvalue weighted by atomic mass is 35.5. The van der Waals surface area contributed by atoms with Crippen molar-refractivity contribution in [2.75, 3.05) is 26.3 Å². The van der Waals surface area contributed by atoms with E-state index in [2.05, 4.69) is 11.5 Å².